The molecule has 1 aromatic rings. The third-order valence-corrected chi connectivity index (χ3v) is 4.11. The Labute approximate surface area is 122 Å². The second-order valence-corrected chi connectivity index (χ2v) is 5.63. The number of nitrogens with one attached hydrogen (secondary N) is 1. The lowest BCUT2D eigenvalue weighted by Gasteiger charge is -2.26. The maximum absolute atomic E-state index is 12.4. The van der Waals surface area contributed by atoms with Crippen LogP contribution in [-0.4, -0.2) is 37.0 Å². The topological polar surface area (TPSA) is 32.3 Å². The van der Waals surface area contributed by atoms with Crippen molar-refractivity contribution in [2.24, 2.45) is 5.92 Å². The summed E-state index contributed by atoms with van der Waals surface area (Å²) in [6, 6.07) is 10.4. The molecule has 0 saturated carbocycles. The summed E-state index contributed by atoms with van der Waals surface area (Å²) >= 11 is 0. The Hall–Kier alpha value is -1.35. The Morgan fingerprint density at radius 2 is 2.15 bits per heavy atom. The summed E-state index contributed by atoms with van der Waals surface area (Å²) in [5.41, 5.74) is 1.30. The van der Waals surface area contributed by atoms with Crippen molar-refractivity contribution in [3.63, 3.8) is 0 Å². The number of hydrogen-bond donors (Lipinski definition) is 1. The molecule has 1 unspecified atom stereocenters. The zero-order valence-electron chi connectivity index (χ0n) is 12.5. The zero-order chi connectivity index (χ0) is 14.2. The summed E-state index contributed by atoms with van der Waals surface area (Å²) in [6.45, 7) is 5.82. The minimum atomic E-state index is 0.317. The highest BCUT2D eigenvalue weighted by Gasteiger charge is 2.19. The van der Waals surface area contributed by atoms with Crippen molar-refractivity contribution in [2.45, 2.75) is 32.6 Å². The predicted octanol–water partition coefficient (Wildman–Crippen LogP) is 2.47. The van der Waals surface area contributed by atoms with Crippen LogP contribution in [0.4, 0.5) is 0 Å². The lowest BCUT2D eigenvalue weighted by molar-refractivity contribution is -0.132. The van der Waals surface area contributed by atoms with Gasteiger partial charge in [-0.25, -0.2) is 0 Å². The molecular formula is C17H26N2O. The molecule has 1 amide bonds. The molecule has 3 nitrogen and oxygen atoms in total. The van der Waals surface area contributed by atoms with Gasteiger partial charge in [0.15, 0.2) is 0 Å². The maximum Gasteiger partial charge on any atom is 0.222 e. The van der Waals surface area contributed by atoms with Crippen LogP contribution in [0.1, 0.15) is 31.7 Å². The first-order valence-corrected chi connectivity index (χ1v) is 7.82. The van der Waals surface area contributed by atoms with E-state index in [-0.39, 0.29) is 0 Å². The summed E-state index contributed by atoms with van der Waals surface area (Å²) in [5.74, 6) is 0.846. The van der Waals surface area contributed by atoms with E-state index in [0.717, 1.165) is 32.6 Å². The van der Waals surface area contributed by atoms with Gasteiger partial charge in [0, 0.05) is 19.5 Å². The fourth-order valence-electron chi connectivity index (χ4n) is 2.84. The standard InChI is InChI=1S/C17H26N2O/c1-2-19(12-10-15-7-4-3-5-8-15)17(20)13-16-9-6-11-18-14-16/h3-5,7-8,16,18H,2,6,9-14H2,1H3. The number of amides is 1. The molecule has 1 aromatic carbocycles. The van der Waals surface area contributed by atoms with Crippen LogP contribution in [0.3, 0.4) is 0 Å². The highest BCUT2D eigenvalue weighted by molar-refractivity contribution is 5.76. The highest BCUT2D eigenvalue weighted by atomic mass is 16.2. The van der Waals surface area contributed by atoms with E-state index in [1.54, 1.807) is 0 Å². The second-order valence-electron chi connectivity index (χ2n) is 5.63. The minimum absolute atomic E-state index is 0.317. The van der Waals surface area contributed by atoms with Crippen molar-refractivity contribution >= 4 is 5.91 Å². The average Bonchev–Trinajstić information content (AvgIpc) is 2.50. The predicted molar refractivity (Wildman–Crippen MR) is 82.6 cm³/mol. The van der Waals surface area contributed by atoms with E-state index in [0.29, 0.717) is 18.2 Å². The summed E-state index contributed by atoms with van der Waals surface area (Å²) in [6.07, 6.45) is 4.04. The number of rotatable bonds is 6. The van der Waals surface area contributed by atoms with Gasteiger partial charge in [-0.3, -0.25) is 4.79 Å². The summed E-state index contributed by atoms with van der Waals surface area (Å²) in [4.78, 5) is 14.4. The Balaban J connectivity index is 1.79. The van der Waals surface area contributed by atoms with Gasteiger partial charge in [-0.1, -0.05) is 30.3 Å². The Kier molecular flexibility index (Phi) is 6.06. The van der Waals surface area contributed by atoms with E-state index in [4.69, 9.17) is 0 Å². The smallest absolute Gasteiger partial charge is 0.222 e. The minimum Gasteiger partial charge on any atom is -0.343 e. The van der Waals surface area contributed by atoms with Crippen LogP contribution in [0.15, 0.2) is 30.3 Å². The van der Waals surface area contributed by atoms with Gasteiger partial charge in [0.25, 0.3) is 0 Å². The molecule has 1 saturated heterocycles. The van der Waals surface area contributed by atoms with E-state index < -0.39 is 0 Å². The van der Waals surface area contributed by atoms with Crippen molar-refractivity contribution in [1.82, 2.24) is 10.2 Å². The fraction of sp³-hybridized carbons (Fsp3) is 0.588. The van der Waals surface area contributed by atoms with Gasteiger partial charge in [0.05, 0.1) is 0 Å². The first kappa shape index (κ1) is 15.0. The van der Waals surface area contributed by atoms with Gasteiger partial charge in [-0.2, -0.15) is 0 Å². The van der Waals surface area contributed by atoms with Crippen LogP contribution in [0.5, 0.6) is 0 Å². The molecular weight excluding hydrogens is 248 g/mol. The SMILES string of the molecule is CCN(CCc1ccccc1)C(=O)CC1CCCNC1. The monoisotopic (exact) mass is 274 g/mol. The van der Waals surface area contributed by atoms with Crippen LogP contribution in [0.25, 0.3) is 0 Å². The molecule has 0 radical (unpaired) electrons. The molecule has 0 spiro atoms. The number of carbonyl (C=O) groups excluding carboxylic acids is 1. The molecule has 0 aliphatic carbocycles. The molecule has 1 heterocycles. The molecule has 1 fully saturated rings. The van der Waals surface area contributed by atoms with Gasteiger partial charge in [-0.15, -0.1) is 0 Å². The molecule has 0 bridgehead atoms. The highest BCUT2D eigenvalue weighted by Crippen LogP contribution is 2.15. The fourth-order valence-corrected chi connectivity index (χ4v) is 2.84. The molecule has 1 aliphatic heterocycles. The van der Waals surface area contributed by atoms with Crippen LogP contribution in [-0.2, 0) is 11.2 Å². The van der Waals surface area contributed by atoms with Gasteiger partial charge in [-0.05, 0) is 50.8 Å². The normalized spacial score (nSPS) is 18.8. The van der Waals surface area contributed by atoms with E-state index in [1.165, 1.54) is 18.4 Å². The molecule has 1 N–H and O–H groups in total. The third-order valence-electron chi connectivity index (χ3n) is 4.11. The van der Waals surface area contributed by atoms with Crippen molar-refractivity contribution < 1.29 is 4.79 Å². The van der Waals surface area contributed by atoms with Gasteiger partial charge >= 0.3 is 0 Å². The van der Waals surface area contributed by atoms with Crippen LogP contribution < -0.4 is 5.32 Å². The molecule has 20 heavy (non-hydrogen) atoms. The van der Waals surface area contributed by atoms with Gasteiger partial charge in [0.2, 0.25) is 5.91 Å². The Morgan fingerprint density at radius 3 is 2.80 bits per heavy atom. The van der Waals surface area contributed by atoms with Crippen molar-refractivity contribution in [3.8, 4) is 0 Å². The Morgan fingerprint density at radius 1 is 1.35 bits per heavy atom. The number of carbonyl (C=O) groups is 1. The molecule has 0 aromatic heterocycles. The lowest BCUT2D eigenvalue weighted by atomic mass is 9.95. The molecule has 3 heteroatoms. The quantitative estimate of drug-likeness (QED) is 0.864. The molecule has 110 valence electrons. The van der Waals surface area contributed by atoms with Crippen molar-refractivity contribution in [2.75, 3.05) is 26.2 Å². The second kappa shape index (κ2) is 8.05. The van der Waals surface area contributed by atoms with Crippen molar-refractivity contribution in [1.29, 1.82) is 0 Å². The third kappa shape index (κ3) is 4.64. The number of hydrogen-bond acceptors (Lipinski definition) is 2. The number of piperidine rings is 1. The van der Waals surface area contributed by atoms with Crippen molar-refractivity contribution in [3.05, 3.63) is 35.9 Å². The lowest BCUT2D eigenvalue weighted by Crippen LogP contribution is -2.37. The Bertz CT molecular complexity index is 399. The molecule has 2 rings (SSSR count). The molecule has 1 atom stereocenters. The van der Waals surface area contributed by atoms with Gasteiger partial charge in [0.1, 0.15) is 0 Å². The van der Waals surface area contributed by atoms with Crippen LogP contribution in [0, 0.1) is 5.92 Å². The van der Waals surface area contributed by atoms with Gasteiger partial charge < -0.3 is 10.2 Å². The largest absolute Gasteiger partial charge is 0.343 e. The van der Waals surface area contributed by atoms with E-state index >= 15 is 0 Å². The molecule has 1 aliphatic rings. The summed E-state index contributed by atoms with van der Waals surface area (Å²) < 4.78 is 0. The first-order chi connectivity index (χ1) is 9.79. The first-order valence-electron chi connectivity index (χ1n) is 7.82. The zero-order valence-corrected chi connectivity index (χ0v) is 12.5. The number of benzene rings is 1. The van der Waals surface area contributed by atoms with E-state index in [1.807, 2.05) is 11.0 Å². The van der Waals surface area contributed by atoms with Crippen LogP contribution in [0.2, 0.25) is 0 Å². The average molecular weight is 274 g/mol. The van der Waals surface area contributed by atoms with E-state index in [9.17, 15) is 4.79 Å². The van der Waals surface area contributed by atoms with Crippen LogP contribution >= 0.6 is 0 Å². The number of nitrogens with zero attached hydrogens (tertiary/aromatic N) is 1. The van der Waals surface area contributed by atoms with E-state index in [2.05, 4.69) is 36.5 Å². The summed E-state index contributed by atoms with van der Waals surface area (Å²) in [7, 11) is 0. The summed E-state index contributed by atoms with van der Waals surface area (Å²) in [5, 5.41) is 3.38. The maximum atomic E-state index is 12.4. The number of likely N-dealkylation sites (N-methyl/N-ethyl adjacent to an activating group) is 1.